The molecule has 2 aromatic carbocycles. The van der Waals surface area contributed by atoms with Gasteiger partial charge in [0.2, 0.25) is 0 Å². The third-order valence-corrected chi connectivity index (χ3v) is 5.76. The summed E-state index contributed by atoms with van der Waals surface area (Å²) in [5.74, 6) is -0.174. The second kappa shape index (κ2) is 7.48. The zero-order chi connectivity index (χ0) is 19.7. The summed E-state index contributed by atoms with van der Waals surface area (Å²) in [4.78, 5) is 26.0. The number of aryl methyl sites for hydroxylation is 1. The van der Waals surface area contributed by atoms with Crippen LogP contribution in [0.3, 0.4) is 0 Å². The molecule has 0 aliphatic heterocycles. The number of esters is 1. The molecule has 0 N–H and O–H groups in total. The molecule has 0 unspecified atom stereocenters. The van der Waals surface area contributed by atoms with Gasteiger partial charge in [-0.2, -0.15) is 0 Å². The quantitative estimate of drug-likeness (QED) is 0.468. The van der Waals surface area contributed by atoms with E-state index in [1.807, 2.05) is 54.6 Å². The Morgan fingerprint density at radius 2 is 1.79 bits per heavy atom. The summed E-state index contributed by atoms with van der Waals surface area (Å²) in [6.45, 7) is 2.27. The van der Waals surface area contributed by atoms with Crippen molar-refractivity contribution in [3.8, 4) is 5.75 Å². The first-order chi connectivity index (χ1) is 13.6. The van der Waals surface area contributed by atoms with Gasteiger partial charge < -0.3 is 14.0 Å². The minimum atomic E-state index is -0.474. The van der Waals surface area contributed by atoms with Crippen LogP contribution in [0.5, 0.6) is 5.75 Å². The number of hydrogen-bond donors (Lipinski definition) is 0. The van der Waals surface area contributed by atoms with Crippen LogP contribution in [0.2, 0.25) is 0 Å². The number of pyridine rings is 1. The van der Waals surface area contributed by atoms with Crippen molar-refractivity contribution in [2.45, 2.75) is 13.5 Å². The van der Waals surface area contributed by atoms with E-state index in [2.05, 4.69) is 0 Å². The maximum Gasteiger partial charge on any atom is 0.352 e. The van der Waals surface area contributed by atoms with Crippen molar-refractivity contribution in [1.29, 1.82) is 0 Å². The molecular formula is C22H19NO4S. The molecule has 5 nitrogen and oxygen atoms in total. The minimum absolute atomic E-state index is 0.191. The highest BCUT2D eigenvalue weighted by atomic mass is 32.1. The van der Waals surface area contributed by atoms with Gasteiger partial charge in [-0.05, 0) is 18.6 Å². The van der Waals surface area contributed by atoms with Gasteiger partial charge >= 0.3 is 5.97 Å². The highest BCUT2D eigenvalue weighted by Crippen LogP contribution is 2.40. The first-order valence-electron chi connectivity index (χ1n) is 9.00. The van der Waals surface area contributed by atoms with Crippen LogP contribution in [0.1, 0.15) is 22.2 Å². The highest BCUT2D eigenvalue weighted by molar-refractivity contribution is 7.22. The fraction of sp³-hybridized carbons (Fsp3) is 0.182. The Morgan fingerprint density at radius 3 is 2.54 bits per heavy atom. The fourth-order valence-electron chi connectivity index (χ4n) is 3.23. The van der Waals surface area contributed by atoms with Gasteiger partial charge in [-0.15, -0.1) is 11.3 Å². The third kappa shape index (κ3) is 3.05. The van der Waals surface area contributed by atoms with E-state index in [4.69, 9.17) is 9.47 Å². The molecule has 2 heterocycles. The molecule has 0 fully saturated rings. The lowest BCUT2D eigenvalue weighted by Gasteiger charge is -2.09. The monoisotopic (exact) mass is 393 g/mol. The Bertz CT molecular complexity index is 1220. The summed E-state index contributed by atoms with van der Waals surface area (Å²) >= 11 is 1.25. The predicted molar refractivity (Wildman–Crippen MR) is 111 cm³/mol. The van der Waals surface area contributed by atoms with Crippen molar-refractivity contribution < 1.29 is 14.3 Å². The van der Waals surface area contributed by atoms with Crippen molar-refractivity contribution in [3.63, 3.8) is 0 Å². The Labute approximate surface area is 165 Å². The van der Waals surface area contributed by atoms with Gasteiger partial charge in [-0.1, -0.05) is 48.5 Å². The van der Waals surface area contributed by atoms with Gasteiger partial charge in [-0.3, -0.25) is 4.79 Å². The van der Waals surface area contributed by atoms with Crippen LogP contribution < -0.4 is 10.3 Å². The van der Waals surface area contributed by atoms with Gasteiger partial charge in [0.25, 0.3) is 5.56 Å². The van der Waals surface area contributed by atoms with E-state index in [1.54, 1.807) is 18.5 Å². The molecule has 0 bridgehead atoms. The first kappa shape index (κ1) is 18.3. The van der Waals surface area contributed by atoms with Crippen molar-refractivity contribution >= 4 is 38.3 Å². The third-order valence-electron chi connectivity index (χ3n) is 4.58. The summed E-state index contributed by atoms with van der Waals surface area (Å²) in [5, 5.41) is 1.33. The van der Waals surface area contributed by atoms with Crippen molar-refractivity contribution in [2.24, 2.45) is 7.05 Å². The second-order valence-electron chi connectivity index (χ2n) is 6.34. The van der Waals surface area contributed by atoms with Gasteiger partial charge in [0, 0.05) is 12.4 Å². The Balaban J connectivity index is 1.95. The first-order valence-corrected chi connectivity index (χ1v) is 9.81. The molecule has 0 aliphatic carbocycles. The maximum atomic E-state index is 13.1. The number of benzene rings is 2. The zero-order valence-electron chi connectivity index (χ0n) is 15.6. The van der Waals surface area contributed by atoms with Crippen molar-refractivity contribution in [2.75, 3.05) is 6.61 Å². The molecule has 4 aromatic rings. The molecule has 0 spiro atoms. The largest absolute Gasteiger partial charge is 0.486 e. The average molecular weight is 393 g/mol. The maximum absolute atomic E-state index is 13.1. The van der Waals surface area contributed by atoms with Crippen LogP contribution in [-0.4, -0.2) is 17.1 Å². The number of ether oxygens (including phenoxy) is 2. The highest BCUT2D eigenvalue weighted by Gasteiger charge is 2.25. The topological polar surface area (TPSA) is 57.5 Å². The predicted octanol–water partition coefficient (Wildman–Crippen LogP) is 4.51. The second-order valence-corrected chi connectivity index (χ2v) is 7.36. The van der Waals surface area contributed by atoms with Gasteiger partial charge in [0.1, 0.15) is 12.0 Å². The Morgan fingerprint density at radius 1 is 1.07 bits per heavy atom. The van der Waals surface area contributed by atoms with Gasteiger partial charge in [0.15, 0.2) is 10.6 Å². The van der Waals surface area contributed by atoms with E-state index in [1.165, 1.54) is 11.3 Å². The number of hydrogen-bond acceptors (Lipinski definition) is 5. The molecular weight excluding hydrogens is 374 g/mol. The van der Waals surface area contributed by atoms with Crippen LogP contribution in [-0.2, 0) is 18.4 Å². The molecule has 0 saturated heterocycles. The normalized spacial score (nSPS) is 11.1. The molecule has 28 heavy (non-hydrogen) atoms. The van der Waals surface area contributed by atoms with E-state index in [0.29, 0.717) is 16.0 Å². The van der Waals surface area contributed by atoms with E-state index in [-0.39, 0.29) is 18.8 Å². The Hall–Kier alpha value is -3.12. The number of thiophene rings is 1. The SMILES string of the molecule is CCOC(=O)c1sc2c(c1OCc1ccccc1)c(=O)n(C)c1ccccc21. The standard InChI is InChI=1S/C22H19NO4S/c1-3-26-22(25)20-18(27-13-14-9-5-4-6-10-14)17-19(28-20)15-11-7-8-12-16(15)23(2)21(17)24/h4-12H,3,13H2,1-2H3. The number of fused-ring (bicyclic) bond motifs is 3. The van der Waals surface area contributed by atoms with Crippen LogP contribution in [0.4, 0.5) is 0 Å². The number of para-hydroxylation sites is 1. The minimum Gasteiger partial charge on any atom is -0.486 e. The van der Waals surface area contributed by atoms with Crippen LogP contribution >= 0.6 is 11.3 Å². The zero-order valence-corrected chi connectivity index (χ0v) is 16.4. The summed E-state index contributed by atoms with van der Waals surface area (Å²) in [6.07, 6.45) is 0. The fourth-order valence-corrected chi connectivity index (χ4v) is 4.40. The molecule has 0 aliphatic rings. The van der Waals surface area contributed by atoms with E-state index < -0.39 is 5.97 Å². The summed E-state index contributed by atoms with van der Waals surface area (Å²) < 4.78 is 13.6. The molecule has 6 heteroatoms. The molecule has 142 valence electrons. The molecule has 0 amide bonds. The van der Waals surface area contributed by atoms with Gasteiger partial charge in [-0.25, -0.2) is 4.79 Å². The molecule has 0 saturated carbocycles. The van der Waals surface area contributed by atoms with E-state index in [9.17, 15) is 9.59 Å². The number of rotatable bonds is 5. The average Bonchev–Trinajstić information content (AvgIpc) is 3.11. The number of carbonyl (C=O) groups excluding carboxylic acids is 1. The van der Waals surface area contributed by atoms with E-state index in [0.717, 1.165) is 21.2 Å². The van der Waals surface area contributed by atoms with E-state index >= 15 is 0 Å². The lowest BCUT2D eigenvalue weighted by atomic mass is 10.1. The molecule has 4 rings (SSSR count). The summed E-state index contributed by atoms with van der Waals surface area (Å²) in [7, 11) is 1.73. The molecule has 0 atom stereocenters. The number of carbonyl (C=O) groups is 1. The van der Waals surface area contributed by atoms with Crippen LogP contribution in [0, 0.1) is 0 Å². The number of nitrogens with zero attached hydrogens (tertiary/aromatic N) is 1. The summed E-state index contributed by atoms with van der Waals surface area (Å²) in [5.41, 5.74) is 1.57. The lowest BCUT2D eigenvalue weighted by molar-refractivity contribution is 0.0527. The van der Waals surface area contributed by atoms with Crippen molar-refractivity contribution in [1.82, 2.24) is 4.57 Å². The number of aromatic nitrogens is 1. The lowest BCUT2D eigenvalue weighted by Crippen LogP contribution is -2.17. The molecule has 0 radical (unpaired) electrons. The van der Waals surface area contributed by atoms with Crippen LogP contribution in [0.25, 0.3) is 21.0 Å². The smallest absolute Gasteiger partial charge is 0.352 e. The van der Waals surface area contributed by atoms with Crippen molar-refractivity contribution in [3.05, 3.63) is 75.4 Å². The van der Waals surface area contributed by atoms with Gasteiger partial charge in [0.05, 0.1) is 16.8 Å². The van der Waals surface area contributed by atoms with Crippen LogP contribution in [0.15, 0.2) is 59.4 Å². The molecule has 2 aromatic heterocycles. The summed E-state index contributed by atoms with van der Waals surface area (Å²) in [6, 6.07) is 17.3. The Kier molecular flexibility index (Phi) is 4.88.